The number of nitrogens with zero attached hydrogens (tertiary/aromatic N) is 4. The summed E-state index contributed by atoms with van der Waals surface area (Å²) in [6, 6.07) is 2.70. The van der Waals surface area contributed by atoms with E-state index < -0.39 is 4.92 Å². The topological polar surface area (TPSA) is 110 Å². The fraction of sp³-hybridized carbons (Fsp3) is 0.529. The van der Waals surface area contributed by atoms with Crippen LogP contribution in [0.4, 0.5) is 5.69 Å². The fourth-order valence-corrected chi connectivity index (χ4v) is 2.71. The van der Waals surface area contributed by atoms with Crippen LogP contribution in [0, 0.1) is 10.1 Å². The van der Waals surface area contributed by atoms with E-state index in [1.807, 2.05) is 0 Å². The number of likely N-dealkylation sites (N-methyl/N-ethyl adjacent to an activating group) is 1. The molecule has 0 bridgehead atoms. The van der Waals surface area contributed by atoms with Gasteiger partial charge in [0.15, 0.2) is 11.5 Å². The zero-order valence-electron chi connectivity index (χ0n) is 15.8. The van der Waals surface area contributed by atoms with Crippen molar-refractivity contribution in [1.82, 2.24) is 15.2 Å². The molecule has 1 aromatic rings. The van der Waals surface area contributed by atoms with Crippen LogP contribution < -0.4 is 14.9 Å². The number of nitro benzene ring substituents is 1. The molecule has 1 heterocycles. The zero-order chi connectivity index (χ0) is 19.8. The van der Waals surface area contributed by atoms with Gasteiger partial charge in [-0.05, 0) is 13.1 Å². The number of rotatable bonds is 8. The Balaban J connectivity index is 1.94. The molecule has 1 saturated heterocycles. The van der Waals surface area contributed by atoms with Crippen molar-refractivity contribution in [2.24, 2.45) is 5.10 Å². The minimum absolute atomic E-state index is 0.192. The van der Waals surface area contributed by atoms with E-state index in [1.54, 1.807) is 0 Å². The Morgan fingerprint density at radius 2 is 1.89 bits per heavy atom. The normalized spacial score (nSPS) is 15.7. The molecule has 0 aliphatic carbocycles. The molecule has 0 spiro atoms. The van der Waals surface area contributed by atoms with Crippen molar-refractivity contribution in [3.63, 3.8) is 0 Å². The van der Waals surface area contributed by atoms with Crippen LogP contribution in [0.5, 0.6) is 11.5 Å². The summed E-state index contributed by atoms with van der Waals surface area (Å²) in [7, 11) is 4.91. The second kappa shape index (κ2) is 9.83. The number of hydrogen-bond acceptors (Lipinski definition) is 8. The van der Waals surface area contributed by atoms with E-state index in [0.717, 1.165) is 26.2 Å². The van der Waals surface area contributed by atoms with E-state index in [0.29, 0.717) is 18.7 Å². The number of nitrogens with one attached hydrogen (secondary N) is 1. The van der Waals surface area contributed by atoms with Crippen molar-refractivity contribution in [3.05, 3.63) is 27.8 Å². The van der Waals surface area contributed by atoms with Gasteiger partial charge in [-0.15, -0.1) is 0 Å². The van der Waals surface area contributed by atoms with Gasteiger partial charge >= 0.3 is 0 Å². The van der Waals surface area contributed by atoms with E-state index >= 15 is 0 Å². The van der Waals surface area contributed by atoms with Crippen LogP contribution in [0.15, 0.2) is 17.2 Å². The minimum Gasteiger partial charge on any atom is -0.493 e. The first kappa shape index (κ1) is 20.6. The monoisotopic (exact) mass is 379 g/mol. The standard InChI is InChI=1S/C17H25N5O5/c1-20-6-8-21(9-7-20)5-4-17(23)19-18-12-13-10-15(26-2)16(27-3)11-14(13)22(24)25/h10-12H,4-9H2,1-3H3,(H,19,23)/b18-12-. The molecule has 0 unspecified atom stereocenters. The molecule has 1 aromatic carbocycles. The molecule has 27 heavy (non-hydrogen) atoms. The summed E-state index contributed by atoms with van der Waals surface area (Å²) in [5.74, 6) is 0.344. The molecule has 0 radical (unpaired) electrons. The molecule has 2 rings (SSSR count). The Morgan fingerprint density at radius 3 is 2.48 bits per heavy atom. The molecule has 1 amide bonds. The number of amides is 1. The lowest BCUT2D eigenvalue weighted by atomic mass is 10.1. The Kier molecular flexibility index (Phi) is 7.50. The van der Waals surface area contributed by atoms with Gasteiger partial charge in [0.05, 0.1) is 37.0 Å². The summed E-state index contributed by atoms with van der Waals surface area (Å²) in [5.41, 5.74) is 2.42. The van der Waals surface area contributed by atoms with Crippen LogP contribution in [0.2, 0.25) is 0 Å². The number of ether oxygens (including phenoxy) is 2. The van der Waals surface area contributed by atoms with Crippen molar-refractivity contribution in [2.75, 3.05) is 54.0 Å². The number of carbonyl (C=O) groups excluding carboxylic acids is 1. The average molecular weight is 379 g/mol. The summed E-state index contributed by atoms with van der Waals surface area (Å²) in [6.07, 6.45) is 1.54. The summed E-state index contributed by atoms with van der Waals surface area (Å²) >= 11 is 0. The summed E-state index contributed by atoms with van der Waals surface area (Å²) < 4.78 is 10.2. The molecule has 10 nitrogen and oxygen atoms in total. The second-order valence-electron chi connectivity index (χ2n) is 6.21. The Labute approximate surface area is 157 Å². The number of hydrazone groups is 1. The van der Waals surface area contributed by atoms with Crippen LogP contribution in [0.3, 0.4) is 0 Å². The van der Waals surface area contributed by atoms with E-state index in [-0.39, 0.29) is 22.9 Å². The Bertz CT molecular complexity index is 701. The molecule has 0 aromatic heterocycles. The molecule has 10 heteroatoms. The van der Waals surface area contributed by atoms with Gasteiger partial charge in [-0.2, -0.15) is 5.10 Å². The average Bonchev–Trinajstić information content (AvgIpc) is 2.66. The van der Waals surface area contributed by atoms with Crippen molar-refractivity contribution in [3.8, 4) is 11.5 Å². The summed E-state index contributed by atoms with van der Waals surface area (Å²) in [6.45, 7) is 4.51. The van der Waals surface area contributed by atoms with Crippen molar-refractivity contribution in [2.45, 2.75) is 6.42 Å². The highest BCUT2D eigenvalue weighted by atomic mass is 16.6. The van der Waals surface area contributed by atoms with Crippen molar-refractivity contribution < 1.29 is 19.2 Å². The predicted octanol–water partition coefficient (Wildman–Crippen LogP) is 0.700. The largest absolute Gasteiger partial charge is 0.493 e. The van der Waals surface area contributed by atoms with Gasteiger partial charge in [0, 0.05) is 39.1 Å². The Hall–Kier alpha value is -2.72. The van der Waals surface area contributed by atoms with Crippen LogP contribution in [0.1, 0.15) is 12.0 Å². The number of nitro groups is 1. The lowest BCUT2D eigenvalue weighted by Gasteiger charge is -2.32. The predicted molar refractivity (Wildman–Crippen MR) is 100 cm³/mol. The van der Waals surface area contributed by atoms with E-state index in [9.17, 15) is 14.9 Å². The Morgan fingerprint density at radius 1 is 1.26 bits per heavy atom. The molecule has 0 saturated carbocycles. The van der Waals surface area contributed by atoms with Gasteiger partial charge in [0.1, 0.15) is 0 Å². The molecular formula is C17H25N5O5. The van der Waals surface area contributed by atoms with Gasteiger partial charge in [-0.1, -0.05) is 0 Å². The van der Waals surface area contributed by atoms with Crippen LogP contribution in [-0.2, 0) is 4.79 Å². The van der Waals surface area contributed by atoms with Gasteiger partial charge in [-0.25, -0.2) is 5.43 Å². The summed E-state index contributed by atoms with van der Waals surface area (Å²) in [4.78, 5) is 27.1. The van der Waals surface area contributed by atoms with Crippen LogP contribution >= 0.6 is 0 Å². The van der Waals surface area contributed by atoms with Gasteiger partial charge < -0.3 is 19.3 Å². The highest BCUT2D eigenvalue weighted by molar-refractivity contribution is 5.88. The third kappa shape index (κ3) is 5.90. The number of methoxy groups -OCH3 is 2. The van der Waals surface area contributed by atoms with Crippen molar-refractivity contribution >= 4 is 17.8 Å². The maximum absolute atomic E-state index is 11.9. The molecule has 148 valence electrons. The first-order chi connectivity index (χ1) is 12.9. The first-order valence-corrected chi connectivity index (χ1v) is 8.57. The van der Waals surface area contributed by atoms with E-state index in [2.05, 4.69) is 27.4 Å². The number of hydrogen-bond donors (Lipinski definition) is 1. The number of carbonyl (C=O) groups is 1. The fourth-order valence-electron chi connectivity index (χ4n) is 2.71. The van der Waals surface area contributed by atoms with Crippen LogP contribution in [0.25, 0.3) is 0 Å². The quantitative estimate of drug-likeness (QED) is 0.402. The zero-order valence-corrected chi connectivity index (χ0v) is 15.8. The first-order valence-electron chi connectivity index (χ1n) is 8.57. The third-order valence-electron chi connectivity index (χ3n) is 4.37. The lowest BCUT2D eigenvalue weighted by molar-refractivity contribution is -0.385. The molecule has 1 fully saturated rings. The molecular weight excluding hydrogens is 354 g/mol. The lowest BCUT2D eigenvalue weighted by Crippen LogP contribution is -2.45. The molecule has 0 atom stereocenters. The van der Waals surface area contributed by atoms with E-state index in [1.165, 1.54) is 32.6 Å². The smallest absolute Gasteiger partial charge is 0.282 e. The van der Waals surface area contributed by atoms with Gasteiger partial charge in [0.2, 0.25) is 5.91 Å². The number of benzene rings is 1. The van der Waals surface area contributed by atoms with Gasteiger partial charge in [-0.3, -0.25) is 14.9 Å². The van der Waals surface area contributed by atoms with E-state index in [4.69, 9.17) is 9.47 Å². The highest BCUT2D eigenvalue weighted by Gasteiger charge is 2.18. The molecule has 1 aliphatic heterocycles. The van der Waals surface area contributed by atoms with Crippen molar-refractivity contribution in [1.29, 1.82) is 0 Å². The molecule has 1 aliphatic rings. The highest BCUT2D eigenvalue weighted by Crippen LogP contribution is 2.33. The SMILES string of the molecule is COc1cc(/C=N\NC(=O)CCN2CCN(C)CC2)c([N+](=O)[O-])cc1OC. The second-order valence-corrected chi connectivity index (χ2v) is 6.21. The third-order valence-corrected chi connectivity index (χ3v) is 4.37. The maximum Gasteiger partial charge on any atom is 0.282 e. The minimum atomic E-state index is -0.543. The van der Waals surface area contributed by atoms with Crippen LogP contribution in [-0.4, -0.2) is 80.8 Å². The summed E-state index contributed by atoms with van der Waals surface area (Å²) in [5, 5.41) is 15.1. The van der Waals surface area contributed by atoms with Gasteiger partial charge in [0.25, 0.3) is 5.69 Å². The molecule has 1 N–H and O–H groups in total. The number of piperazine rings is 1. The maximum atomic E-state index is 11.9.